The van der Waals surface area contributed by atoms with Crippen LogP contribution in [0.3, 0.4) is 0 Å². The van der Waals surface area contributed by atoms with Crippen molar-refractivity contribution in [3.63, 3.8) is 0 Å². The lowest BCUT2D eigenvalue weighted by molar-refractivity contribution is -0.385. The van der Waals surface area contributed by atoms with E-state index in [1.54, 1.807) is 31.3 Å². The minimum atomic E-state index is -0.603. The molecule has 0 radical (unpaired) electrons. The number of methoxy groups -OCH3 is 1. The molecule has 3 aromatic rings. The average molecular weight is 470 g/mol. The molecule has 2 amide bonds. The molecule has 0 bridgehead atoms. The largest absolute Gasteiger partial charge is 0.493 e. The molecule has 2 N–H and O–H groups in total. The Labute approximate surface area is 194 Å². The summed E-state index contributed by atoms with van der Waals surface area (Å²) in [4.78, 5) is 36.5. The topological polar surface area (TPSA) is 125 Å². The highest BCUT2D eigenvalue weighted by atomic mass is 35.5. The Bertz CT molecular complexity index is 1230. The number of rotatable bonds is 8. The van der Waals surface area contributed by atoms with Crippen molar-refractivity contribution in [2.75, 3.05) is 14.2 Å². The number of halogens is 1. The van der Waals surface area contributed by atoms with Crippen molar-refractivity contribution in [3.8, 4) is 17.2 Å². The number of hydrogen-bond acceptors (Lipinski definition) is 6. The average Bonchev–Trinajstić information content (AvgIpc) is 2.79. The molecule has 10 heteroatoms. The Morgan fingerprint density at radius 3 is 2.42 bits per heavy atom. The van der Waals surface area contributed by atoms with Crippen LogP contribution in [0.5, 0.6) is 17.2 Å². The van der Waals surface area contributed by atoms with Gasteiger partial charge in [0, 0.05) is 35.8 Å². The van der Waals surface area contributed by atoms with E-state index >= 15 is 0 Å². The fourth-order valence-corrected chi connectivity index (χ4v) is 3.28. The normalized spacial score (nSPS) is 10.4. The summed E-state index contributed by atoms with van der Waals surface area (Å²) in [5, 5.41) is 11.5. The smallest absolute Gasteiger partial charge is 0.313 e. The molecule has 0 fully saturated rings. The molecule has 0 saturated carbocycles. The molecule has 0 unspecified atom stereocenters. The van der Waals surface area contributed by atoms with Crippen molar-refractivity contribution in [2.24, 2.45) is 5.73 Å². The number of primary amides is 1. The Morgan fingerprint density at radius 1 is 1.03 bits per heavy atom. The summed E-state index contributed by atoms with van der Waals surface area (Å²) in [6.45, 7) is 0.248. The number of carbonyl (C=O) groups is 2. The van der Waals surface area contributed by atoms with Gasteiger partial charge in [-0.3, -0.25) is 19.7 Å². The van der Waals surface area contributed by atoms with Crippen molar-refractivity contribution < 1.29 is 24.0 Å². The maximum atomic E-state index is 12.9. The summed E-state index contributed by atoms with van der Waals surface area (Å²) >= 11 is 5.84. The van der Waals surface area contributed by atoms with Gasteiger partial charge in [-0.25, -0.2) is 0 Å². The first-order valence-electron chi connectivity index (χ1n) is 9.63. The molecule has 3 rings (SSSR count). The SMILES string of the molecule is COc1cc(C(=O)N(C)Cc2cccc(C(N)=O)c2)ccc1Oc1ccc(Cl)cc1[N+](=O)[O-]. The van der Waals surface area contributed by atoms with Crippen molar-refractivity contribution in [1.82, 2.24) is 4.90 Å². The van der Waals surface area contributed by atoms with Gasteiger partial charge in [-0.05, 0) is 48.0 Å². The van der Waals surface area contributed by atoms with Crippen LogP contribution in [-0.4, -0.2) is 35.8 Å². The quantitative estimate of drug-likeness (QED) is 0.384. The monoisotopic (exact) mass is 469 g/mol. The highest BCUT2D eigenvalue weighted by molar-refractivity contribution is 6.30. The molecule has 0 atom stereocenters. The number of amides is 2. The first-order valence-corrected chi connectivity index (χ1v) is 10.0. The predicted octanol–water partition coefficient (Wildman–Crippen LogP) is 4.42. The fourth-order valence-electron chi connectivity index (χ4n) is 3.11. The zero-order chi connectivity index (χ0) is 24.1. The van der Waals surface area contributed by atoms with Crippen LogP contribution in [0.15, 0.2) is 60.7 Å². The Hall–Kier alpha value is -4.11. The molecule has 3 aromatic carbocycles. The van der Waals surface area contributed by atoms with E-state index in [0.29, 0.717) is 11.1 Å². The van der Waals surface area contributed by atoms with Gasteiger partial charge in [0.25, 0.3) is 5.91 Å². The third-order valence-electron chi connectivity index (χ3n) is 4.73. The highest BCUT2D eigenvalue weighted by Crippen LogP contribution is 2.38. The van der Waals surface area contributed by atoms with Gasteiger partial charge in [0.05, 0.1) is 12.0 Å². The number of nitro groups is 1. The first-order chi connectivity index (χ1) is 15.7. The number of nitro benzene ring substituents is 1. The Kier molecular flexibility index (Phi) is 7.14. The molecule has 170 valence electrons. The van der Waals surface area contributed by atoms with Gasteiger partial charge < -0.3 is 20.1 Å². The lowest BCUT2D eigenvalue weighted by Gasteiger charge is -2.19. The van der Waals surface area contributed by atoms with Crippen LogP contribution in [0.4, 0.5) is 5.69 Å². The maximum absolute atomic E-state index is 12.9. The molecule has 33 heavy (non-hydrogen) atoms. The summed E-state index contributed by atoms with van der Waals surface area (Å²) in [7, 11) is 3.01. The molecular weight excluding hydrogens is 450 g/mol. The third kappa shape index (κ3) is 5.58. The van der Waals surface area contributed by atoms with E-state index in [-0.39, 0.29) is 40.4 Å². The molecule has 0 aliphatic heterocycles. The van der Waals surface area contributed by atoms with Crippen molar-refractivity contribution >= 4 is 29.1 Å². The van der Waals surface area contributed by atoms with E-state index in [1.807, 2.05) is 0 Å². The van der Waals surface area contributed by atoms with Crippen LogP contribution in [0, 0.1) is 10.1 Å². The zero-order valence-electron chi connectivity index (χ0n) is 17.8. The van der Waals surface area contributed by atoms with Gasteiger partial charge in [0.1, 0.15) is 0 Å². The van der Waals surface area contributed by atoms with Crippen molar-refractivity contribution in [1.29, 1.82) is 0 Å². The number of nitrogens with zero attached hydrogens (tertiary/aromatic N) is 2. The molecule has 0 aliphatic carbocycles. The molecule has 0 aliphatic rings. The number of hydrogen-bond donors (Lipinski definition) is 1. The lowest BCUT2D eigenvalue weighted by Crippen LogP contribution is -2.26. The highest BCUT2D eigenvalue weighted by Gasteiger charge is 2.20. The van der Waals surface area contributed by atoms with Gasteiger partial charge in [0.15, 0.2) is 11.5 Å². The zero-order valence-corrected chi connectivity index (χ0v) is 18.5. The second-order valence-electron chi connectivity index (χ2n) is 7.06. The second-order valence-corrected chi connectivity index (χ2v) is 7.50. The number of carbonyl (C=O) groups excluding carboxylic acids is 2. The van der Waals surface area contributed by atoms with Gasteiger partial charge in [-0.15, -0.1) is 0 Å². The van der Waals surface area contributed by atoms with E-state index in [0.717, 1.165) is 5.56 Å². The summed E-state index contributed by atoms with van der Waals surface area (Å²) in [5.74, 6) is -0.465. The summed E-state index contributed by atoms with van der Waals surface area (Å²) in [6, 6.07) is 15.2. The molecule has 0 aromatic heterocycles. The fraction of sp³-hybridized carbons (Fsp3) is 0.130. The third-order valence-corrected chi connectivity index (χ3v) is 4.96. The number of nitrogens with two attached hydrogens (primary N) is 1. The molecular formula is C23H20ClN3O6. The minimum Gasteiger partial charge on any atom is -0.493 e. The van der Waals surface area contributed by atoms with E-state index in [9.17, 15) is 19.7 Å². The first kappa shape index (κ1) is 23.6. The van der Waals surface area contributed by atoms with Crippen LogP contribution < -0.4 is 15.2 Å². The predicted molar refractivity (Wildman–Crippen MR) is 122 cm³/mol. The minimum absolute atomic E-state index is 0.0202. The molecule has 0 spiro atoms. The molecule has 0 heterocycles. The van der Waals surface area contributed by atoms with Crippen LogP contribution >= 0.6 is 11.6 Å². The van der Waals surface area contributed by atoms with E-state index in [4.69, 9.17) is 26.8 Å². The lowest BCUT2D eigenvalue weighted by atomic mass is 10.1. The van der Waals surface area contributed by atoms with Gasteiger partial charge >= 0.3 is 5.69 Å². The maximum Gasteiger partial charge on any atom is 0.313 e. The summed E-state index contributed by atoms with van der Waals surface area (Å²) in [6.07, 6.45) is 0. The Balaban J connectivity index is 1.82. The van der Waals surface area contributed by atoms with Gasteiger partial charge in [-0.1, -0.05) is 23.7 Å². The van der Waals surface area contributed by atoms with Crippen LogP contribution in [0.1, 0.15) is 26.3 Å². The van der Waals surface area contributed by atoms with Gasteiger partial charge in [-0.2, -0.15) is 0 Å². The molecule has 0 saturated heterocycles. The van der Waals surface area contributed by atoms with Crippen LogP contribution in [0.2, 0.25) is 5.02 Å². The number of benzene rings is 3. The number of ether oxygens (including phenoxy) is 2. The second kappa shape index (κ2) is 10.0. The van der Waals surface area contributed by atoms with Crippen LogP contribution in [-0.2, 0) is 6.54 Å². The standard InChI is InChI=1S/C23H20ClN3O6/c1-26(13-14-4-3-5-15(10-14)22(25)28)23(29)16-6-8-20(21(11-16)32-2)33-19-9-7-17(24)12-18(19)27(30)31/h3-12H,13H2,1-2H3,(H2,25,28). The van der Waals surface area contributed by atoms with E-state index in [1.165, 1.54) is 48.4 Å². The van der Waals surface area contributed by atoms with Crippen molar-refractivity contribution in [2.45, 2.75) is 6.54 Å². The van der Waals surface area contributed by atoms with E-state index in [2.05, 4.69) is 0 Å². The molecule has 9 nitrogen and oxygen atoms in total. The Morgan fingerprint density at radius 2 is 1.76 bits per heavy atom. The van der Waals surface area contributed by atoms with Crippen LogP contribution in [0.25, 0.3) is 0 Å². The van der Waals surface area contributed by atoms with E-state index < -0.39 is 10.8 Å². The summed E-state index contributed by atoms with van der Waals surface area (Å²) in [5.41, 5.74) is 6.42. The van der Waals surface area contributed by atoms with Crippen molar-refractivity contribution in [3.05, 3.63) is 92.5 Å². The van der Waals surface area contributed by atoms with Gasteiger partial charge in [0.2, 0.25) is 11.7 Å². The summed E-state index contributed by atoms with van der Waals surface area (Å²) < 4.78 is 11.0.